The normalized spacial score (nSPS) is 13.8. The van der Waals surface area contributed by atoms with E-state index in [0.29, 0.717) is 28.7 Å². The van der Waals surface area contributed by atoms with Crippen molar-refractivity contribution in [2.45, 2.75) is 18.8 Å². The molecule has 1 heterocycles. The Labute approximate surface area is 114 Å². The van der Waals surface area contributed by atoms with Gasteiger partial charge >= 0.3 is 0 Å². The van der Waals surface area contributed by atoms with Crippen molar-refractivity contribution in [3.05, 3.63) is 46.0 Å². The summed E-state index contributed by atoms with van der Waals surface area (Å²) in [5, 5.41) is 8.78. The van der Waals surface area contributed by atoms with Gasteiger partial charge in [0, 0.05) is 5.92 Å². The lowest BCUT2D eigenvalue weighted by molar-refractivity contribution is 0.459. The number of nitriles is 1. The van der Waals surface area contributed by atoms with Crippen LogP contribution in [0.3, 0.4) is 0 Å². The zero-order valence-electron chi connectivity index (χ0n) is 10.6. The number of hydrogen-bond acceptors (Lipinski definition) is 5. The van der Waals surface area contributed by atoms with Crippen molar-refractivity contribution >= 4 is 5.69 Å². The first-order chi connectivity index (χ1) is 9.65. The van der Waals surface area contributed by atoms with Crippen LogP contribution >= 0.6 is 0 Å². The molecule has 1 aliphatic carbocycles. The van der Waals surface area contributed by atoms with Gasteiger partial charge in [0.05, 0.1) is 23.4 Å². The van der Waals surface area contributed by atoms with Crippen molar-refractivity contribution < 1.29 is 4.74 Å². The van der Waals surface area contributed by atoms with E-state index < -0.39 is 0 Å². The maximum atomic E-state index is 11.6. The molecule has 1 saturated carbocycles. The molecule has 0 aliphatic heterocycles. The maximum absolute atomic E-state index is 11.6. The summed E-state index contributed by atoms with van der Waals surface area (Å²) in [6.45, 7) is 0. The number of anilines is 1. The standard InChI is InChI=1S/C14H12N4O2/c15-7-8-1-4-11(10(16)5-8)20-13-6-12(19)17-14(18-13)9-2-3-9/h1,4-6,9H,2-3,16H2,(H,17,18,19). The van der Waals surface area contributed by atoms with Crippen LogP contribution in [0.2, 0.25) is 0 Å². The summed E-state index contributed by atoms with van der Waals surface area (Å²) >= 11 is 0. The van der Waals surface area contributed by atoms with E-state index in [4.69, 9.17) is 15.7 Å². The second-order valence-corrected chi connectivity index (χ2v) is 4.71. The topological polar surface area (TPSA) is 105 Å². The first-order valence-electron chi connectivity index (χ1n) is 6.24. The Morgan fingerprint density at radius 2 is 2.20 bits per heavy atom. The van der Waals surface area contributed by atoms with Gasteiger partial charge in [0.25, 0.3) is 5.56 Å². The zero-order valence-corrected chi connectivity index (χ0v) is 10.6. The largest absolute Gasteiger partial charge is 0.437 e. The van der Waals surface area contributed by atoms with Crippen molar-refractivity contribution in [2.24, 2.45) is 0 Å². The van der Waals surface area contributed by atoms with E-state index >= 15 is 0 Å². The van der Waals surface area contributed by atoms with E-state index in [1.807, 2.05) is 6.07 Å². The fraction of sp³-hybridized carbons (Fsp3) is 0.214. The first kappa shape index (κ1) is 12.2. The van der Waals surface area contributed by atoms with Crippen LogP contribution in [0.15, 0.2) is 29.1 Å². The van der Waals surface area contributed by atoms with E-state index in [1.165, 1.54) is 12.1 Å². The molecular weight excluding hydrogens is 256 g/mol. The summed E-state index contributed by atoms with van der Waals surface area (Å²) in [5.74, 6) is 1.57. The number of nitrogens with one attached hydrogen (secondary N) is 1. The molecule has 0 atom stereocenters. The van der Waals surface area contributed by atoms with Gasteiger partial charge in [0.15, 0.2) is 5.75 Å². The third-order valence-electron chi connectivity index (χ3n) is 3.05. The van der Waals surface area contributed by atoms with Gasteiger partial charge in [0.1, 0.15) is 5.82 Å². The lowest BCUT2D eigenvalue weighted by Crippen LogP contribution is -2.10. The molecule has 2 aromatic rings. The van der Waals surface area contributed by atoms with Gasteiger partial charge in [-0.2, -0.15) is 10.2 Å². The fourth-order valence-corrected chi connectivity index (χ4v) is 1.88. The number of nitrogens with two attached hydrogens (primary N) is 1. The van der Waals surface area contributed by atoms with E-state index in [1.54, 1.807) is 12.1 Å². The third-order valence-corrected chi connectivity index (χ3v) is 3.05. The molecule has 6 heteroatoms. The summed E-state index contributed by atoms with van der Waals surface area (Å²) in [7, 11) is 0. The molecule has 0 saturated heterocycles. The molecule has 0 radical (unpaired) electrons. The quantitative estimate of drug-likeness (QED) is 0.827. The van der Waals surface area contributed by atoms with Crippen LogP contribution in [0.25, 0.3) is 0 Å². The molecule has 3 rings (SSSR count). The average molecular weight is 268 g/mol. The Bertz CT molecular complexity index is 756. The van der Waals surface area contributed by atoms with Gasteiger partial charge in [-0.1, -0.05) is 0 Å². The molecule has 1 aliphatic rings. The molecule has 20 heavy (non-hydrogen) atoms. The van der Waals surface area contributed by atoms with Crippen molar-refractivity contribution in [2.75, 3.05) is 5.73 Å². The molecular formula is C14H12N4O2. The van der Waals surface area contributed by atoms with Crippen molar-refractivity contribution in [3.8, 4) is 17.7 Å². The number of hydrogen-bond donors (Lipinski definition) is 2. The van der Waals surface area contributed by atoms with Crippen LogP contribution in [-0.4, -0.2) is 9.97 Å². The van der Waals surface area contributed by atoms with E-state index in [-0.39, 0.29) is 11.4 Å². The van der Waals surface area contributed by atoms with Gasteiger partial charge in [-0.25, -0.2) is 0 Å². The highest BCUT2D eigenvalue weighted by atomic mass is 16.5. The van der Waals surface area contributed by atoms with Crippen molar-refractivity contribution in [1.82, 2.24) is 9.97 Å². The molecule has 0 bridgehead atoms. The van der Waals surface area contributed by atoms with Crippen LogP contribution in [0.1, 0.15) is 30.1 Å². The SMILES string of the molecule is N#Cc1ccc(Oc2cc(=O)[nH]c(C3CC3)n2)c(N)c1. The number of ether oxygens (including phenoxy) is 1. The second kappa shape index (κ2) is 4.70. The van der Waals surface area contributed by atoms with Crippen LogP contribution < -0.4 is 16.0 Å². The van der Waals surface area contributed by atoms with Gasteiger partial charge in [-0.3, -0.25) is 4.79 Å². The summed E-state index contributed by atoms with van der Waals surface area (Å²) in [5.41, 5.74) is 6.34. The number of H-pyrrole nitrogens is 1. The minimum atomic E-state index is -0.246. The molecule has 0 amide bonds. The monoisotopic (exact) mass is 268 g/mol. The molecule has 1 fully saturated rings. The Balaban J connectivity index is 1.91. The average Bonchev–Trinajstić information content (AvgIpc) is 3.25. The predicted molar refractivity (Wildman–Crippen MR) is 72.5 cm³/mol. The summed E-state index contributed by atoms with van der Waals surface area (Å²) < 4.78 is 5.54. The number of benzene rings is 1. The molecule has 0 spiro atoms. The van der Waals surface area contributed by atoms with E-state index in [0.717, 1.165) is 12.8 Å². The Morgan fingerprint density at radius 1 is 1.40 bits per heavy atom. The zero-order chi connectivity index (χ0) is 14.1. The van der Waals surface area contributed by atoms with Crippen molar-refractivity contribution in [3.63, 3.8) is 0 Å². The predicted octanol–water partition coefficient (Wildman–Crippen LogP) is 1.89. The minimum Gasteiger partial charge on any atom is -0.437 e. The Hall–Kier alpha value is -2.81. The summed E-state index contributed by atoms with van der Waals surface area (Å²) in [6, 6.07) is 7.98. The van der Waals surface area contributed by atoms with Gasteiger partial charge in [0.2, 0.25) is 5.88 Å². The highest BCUT2D eigenvalue weighted by molar-refractivity contribution is 5.57. The van der Waals surface area contributed by atoms with Crippen LogP contribution in [0.5, 0.6) is 11.6 Å². The lowest BCUT2D eigenvalue weighted by atomic mass is 10.2. The summed E-state index contributed by atoms with van der Waals surface area (Å²) in [6.07, 6.45) is 2.07. The first-order valence-corrected chi connectivity index (χ1v) is 6.24. The molecule has 0 unspecified atom stereocenters. The lowest BCUT2D eigenvalue weighted by Gasteiger charge is -2.08. The van der Waals surface area contributed by atoms with Gasteiger partial charge in [-0.05, 0) is 31.0 Å². The van der Waals surface area contributed by atoms with E-state index in [9.17, 15) is 4.79 Å². The summed E-state index contributed by atoms with van der Waals surface area (Å²) in [4.78, 5) is 18.6. The third kappa shape index (κ3) is 2.47. The van der Waals surface area contributed by atoms with Crippen LogP contribution in [-0.2, 0) is 0 Å². The van der Waals surface area contributed by atoms with Gasteiger partial charge < -0.3 is 15.5 Å². The number of nitrogens with zero attached hydrogens (tertiary/aromatic N) is 2. The minimum absolute atomic E-state index is 0.215. The Kier molecular flexibility index (Phi) is 2.88. The van der Waals surface area contributed by atoms with E-state index in [2.05, 4.69) is 9.97 Å². The molecule has 100 valence electrons. The molecule has 3 N–H and O–H groups in total. The number of aromatic amines is 1. The van der Waals surface area contributed by atoms with Crippen molar-refractivity contribution in [1.29, 1.82) is 5.26 Å². The molecule has 1 aromatic heterocycles. The fourth-order valence-electron chi connectivity index (χ4n) is 1.88. The molecule has 6 nitrogen and oxygen atoms in total. The number of rotatable bonds is 3. The maximum Gasteiger partial charge on any atom is 0.254 e. The highest BCUT2D eigenvalue weighted by Crippen LogP contribution is 2.38. The molecule has 1 aromatic carbocycles. The smallest absolute Gasteiger partial charge is 0.254 e. The Morgan fingerprint density at radius 3 is 2.85 bits per heavy atom. The van der Waals surface area contributed by atoms with Crippen LogP contribution in [0, 0.1) is 11.3 Å². The highest BCUT2D eigenvalue weighted by Gasteiger charge is 2.26. The number of aromatic nitrogens is 2. The number of nitrogen functional groups attached to an aromatic ring is 1. The van der Waals surface area contributed by atoms with Crippen LogP contribution in [0.4, 0.5) is 5.69 Å². The second-order valence-electron chi connectivity index (χ2n) is 4.71. The van der Waals surface area contributed by atoms with Gasteiger partial charge in [-0.15, -0.1) is 0 Å².